The Hall–Kier alpha value is -1.59. The summed E-state index contributed by atoms with van der Waals surface area (Å²) in [5, 5.41) is 0. The van der Waals surface area contributed by atoms with Crippen LogP contribution in [0.15, 0.2) is 30.9 Å². The summed E-state index contributed by atoms with van der Waals surface area (Å²) in [5.74, 6) is -2.83. The largest absolute Gasteiger partial charge is 0.378 e. The summed E-state index contributed by atoms with van der Waals surface area (Å²) in [6.07, 6.45) is 1.92. The molecule has 0 spiro atoms. The highest BCUT2D eigenvalue weighted by Gasteiger charge is 2.16. The molecule has 0 radical (unpaired) electrons. The molecule has 0 amide bonds. The first kappa shape index (κ1) is 16.5. The molecule has 3 nitrogen and oxygen atoms in total. The highest BCUT2D eigenvalue weighted by atomic mass is 19.2. The maximum atomic E-state index is 13.4. The van der Waals surface area contributed by atoms with Crippen LogP contribution in [0.5, 0.6) is 0 Å². The number of benzene rings is 1. The number of carbonyl (C=O) groups is 1. The van der Waals surface area contributed by atoms with Crippen molar-refractivity contribution in [1.29, 1.82) is 0 Å². The summed E-state index contributed by atoms with van der Waals surface area (Å²) in [5.41, 5.74) is -0.317. The molecule has 0 N–H and O–H groups in total. The van der Waals surface area contributed by atoms with E-state index in [0.29, 0.717) is 6.61 Å². The summed E-state index contributed by atoms with van der Waals surface area (Å²) in [6.45, 7) is 6.05. The van der Waals surface area contributed by atoms with Crippen molar-refractivity contribution in [2.24, 2.45) is 0 Å². The van der Waals surface area contributed by atoms with Crippen LogP contribution in [0, 0.1) is 11.6 Å². The summed E-state index contributed by atoms with van der Waals surface area (Å²) >= 11 is 0. The van der Waals surface area contributed by atoms with Gasteiger partial charge in [-0.25, -0.2) is 8.78 Å². The molecule has 0 heterocycles. The van der Waals surface area contributed by atoms with Crippen molar-refractivity contribution >= 4 is 5.78 Å². The first-order valence-corrected chi connectivity index (χ1v) is 6.39. The molecule has 1 aromatic rings. The van der Waals surface area contributed by atoms with Crippen molar-refractivity contribution in [1.82, 2.24) is 0 Å². The second kappa shape index (κ2) is 8.55. The fourth-order valence-corrected chi connectivity index (χ4v) is 1.51. The number of ether oxygens (including phenoxy) is 2. The van der Waals surface area contributed by atoms with Gasteiger partial charge in [-0.2, -0.15) is 0 Å². The molecule has 0 aromatic heterocycles. The van der Waals surface area contributed by atoms with Crippen molar-refractivity contribution in [2.75, 3.05) is 19.8 Å². The standard InChI is InChI=1S/C15H18F2O3/c1-3-8-19-9-11(4-2)20-10-14(18)12-6-5-7-13(16)15(12)17/h4-7,11H,2-3,8-10H2,1H3. The van der Waals surface area contributed by atoms with Crippen LogP contribution < -0.4 is 0 Å². The molecule has 5 heteroatoms. The van der Waals surface area contributed by atoms with Gasteiger partial charge in [0.25, 0.3) is 0 Å². The predicted molar refractivity (Wildman–Crippen MR) is 71.7 cm³/mol. The third-order valence-electron chi connectivity index (χ3n) is 2.57. The van der Waals surface area contributed by atoms with E-state index in [1.165, 1.54) is 18.2 Å². The molecule has 1 unspecified atom stereocenters. The second-order valence-electron chi connectivity index (χ2n) is 4.18. The van der Waals surface area contributed by atoms with E-state index in [9.17, 15) is 13.6 Å². The van der Waals surface area contributed by atoms with Crippen molar-refractivity contribution in [3.63, 3.8) is 0 Å². The van der Waals surface area contributed by atoms with Gasteiger partial charge in [0.15, 0.2) is 17.4 Å². The molecule has 1 rings (SSSR count). The molecule has 0 saturated heterocycles. The lowest BCUT2D eigenvalue weighted by atomic mass is 10.1. The number of hydrogen-bond acceptors (Lipinski definition) is 3. The first-order chi connectivity index (χ1) is 9.60. The Bertz CT molecular complexity index is 460. The summed E-state index contributed by atoms with van der Waals surface area (Å²) in [7, 11) is 0. The number of halogens is 2. The van der Waals surface area contributed by atoms with Gasteiger partial charge in [0, 0.05) is 6.61 Å². The van der Waals surface area contributed by atoms with Crippen LogP contribution >= 0.6 is 0 Å². The zero-order valence-corrected chi connectivity index (χ0v) is 11.4. The van der Waals surface area contributed by atoms with Gasteiger partial charge in [0.05, 0.1) is 18.3 Å². The van der Waals surface area contributed by atoms with E-state index in [1.807, 2.05) is 6.92 Å². The van der Waals surface area contributed by atoms with Gasteiger partial charge in [-0.1, -0.05) is 19.1 Å². The highest BCUT2D eigenvalue weighted by molar-refractivity contribution is 5.97. The Labute approximate surface area is 117 Å². The predicted octanol–water partition coefficient (Wildman–Crippen LogP) is 3.15. The van der Waals surface area contributed by atoms with Crippen LogP contribution in [0.25, 0.3) is 0 Å². The molecule has 0 aliphatic carbocycles. The molecule has 0 aliphatic rings. The Morgan fingerprint density at radius 2 is 2.20 bits per heavy atom. The molecular weight excluding hydrogens is 266 g/mol. The number of ketones is 1. The SMILES string of the molecule is C=CC(COCCC)OCC(=O)c1cccc(F)c1F. The second-order valence-corrected chi connectivity index (χ2v) is 4.18. The van der Waals surface area contributed by atoms with E-state index in [4.69, 9.17) is 9.47 Å². The van der Waals surface area contributed by atoms with Crippen molar-refractivity contribution in [3.05, 3.63) is 48.1 Å². The third kappa shape index (κ3) is 4.83. The molecule has 0 saturated carbocycles. The number of rotatable bonds is 9. The lowest BCUT2D eigenvalue weighted by Crippen LogP contribution is -2.22. The number of Topliss-reactive ketones (excluding diaryl/α,β-unsaturated/α-hetero) is 1. The first-order valence-electron chi connectivity index (χ1n) is 6.39. The third-order valence-corrected chi connectivity index (χ3v) is 2.57. The van der Waals surface area contributed by atoms with Gasteiger partial charge in [0.2, 0.25) is 0 Å². The fourth-order valence-electron chi connectivity index (χ4n) is 1.51. The van der Waals surface area contributed by atoms with E-state index in [2.05, 4.69) is 6.58 Å². The summed E-state index contributed by atoms with van der Waals surface area (Å²) in [4.78, 5) is 11.8. The Morgan fingerprint density at radius 1 is 1.45 bits per heavy atom. The van der Waals surface area contributed by atoms with E-state index in [0.717, 1.165) is 12.5 Å². The van der Waals surface area contributed by atoms with Gasteiger partial charge >= 0.3 is 0 Å². The van der Waals surface area contributed by atoms with Crippen molar-refractivity contribution in [3.8, 4) is 0 Å². The normalized spacial score (nSPS) is 12.2. The van der Waals surface area contributed by atoms with Crippen LogP contribution in [0.3, 0.4) is 0 Å². The average Bonchev–Trinajstić information content (AvgIpc) is 2.45. The van der Waals surface area contributed by atoms with E-state index in [-0.39, 0.29) is 18.8 Å². The molecule has 1 atom stereocenters. The fraction of sp³-hybridized carbons (Fsp3) is 0.400. The average molecular weight is 284 g/mol. The van der Waals surface area contributed by atoms with Crippen LogP contribution in [0.1, 0.15) is 23.7 Å². The molecule has 0 bridgehead atoms. The minimum atomic E-state index is -1.15. The Kier molecular flexibility index (Phi) is 7.04. The number of carbonyl (C=O) groups excluding carboxylic acids is 1. The maximum Gasteiger partial charge on any atom is 0.191 e. The molecule has 110 valence electrons. The minimum absolute atomic E-state index is 0.274. The molecule has 0 aliphatic heterocycles. The summed E-state index contributed by atoms with van der Waals surface area (Å²) in [6, 6.07) is 3.46. The molecule has 1 aromatic carbocycles. The smallest absolute Gasteiger partial charge is 0.191 e. The van der Waals surface area contributed by atoms with E-state index >= 15 is 0 Å². The van der Waals surface area contributed by atoms with Crippen LogP contribution in [-0.2, 0) is 9.47 Å². The summed E-state index contributed by atoms with van der Waals surface area (Å²) < 4.78 is 37.0. The van der Waals surface area contributed by atoms with E-state index < -0.39 is 23.5 Å². The zero-order chi connectivity index (χ0) is 15.0. The molecular formula is C15H18F2O3. The zero-order valence-electron chi connectivity index (χ0n) is 11.4. The Morgan fingerprint density at radius 3 is 2.85 bits per heavy atom. The van der Waals surface area contributed by atoms with Gasteiger partial charge < -0.3 is 9.47 Å². The van der Waals surface area contributed by atoms with E-state index in [1.54, 1.807) is 0 Å². The quantitative estimate of drug-likeness (QED) is 0.397. The van der Waals surface area contributed by atoms with Gasteiger partial charge in [-0.05, 0) is 18.6 Å². The van der Waals surface area contributed by atoms with Crippen LogP contribution in [0.2, 0.25) is 0 Å². The van der Waals surface area contributed by atoms with Gasteiger partial charge in [-0.3, -0.25) is 4.79 Å². The van der Waals surface area contributed by atoms with Gasteiger partial charge in [0.1, 0.15) is 6.61 Å². The lowest BCUT2D eigenvalue weighted by molar-refractivity contribution is 0.0114. The van der Waals surface area contributed by atoms with Crippen molar-refractivity contribution < 1.29 is 23.0 Å². The van der Waals surface area contributed by atoms with Crippen LogP contribution in [0.4, 0.5) is 8.78 Å². The highest BCUT2D eigenvalue weighted by Crippen LogP contribution is 2.12. The lowest BCUT2D eigenvalue weighted by Gasteiger charge is -2.13. The minimum Gasteiger partial charge on any atom is -0.378 e. The monoisotopic (exact) mass is 284 g/mol. The van der Waals surface area contributed by atoms with Gasteiger partial charge in [-0.15, -0.1) is 6.58 Å². The topological polar surface area (TPSA) is 35.5 Å². The van der Waals surface area contributed by atoms with Crippen molar-refractivity contribution in [2.45, 2.75) is 19.4 Å². The molecule has 20 heavy (non-hydrogen) atoms. The number of hydrogen-bond donors (Lipinski definition) is 0. The van der Waals surface area contributed by atoms with Crippen LogP contribution in [-0.4, -0.2) is 31.7 Å². The molecule has 0 fully saturated rings. The maximum absolute atomic E-state index is 13.4. The Balaban J connectivity index is 2.53.